The van der Waals surface area contributed by atoms with Gasteiger partial charge in [0.1, 0.15) is 11.2 Å². The molecule has 0 unspecified atom stereocenters. The lowest BCUT2D eigenvalue weighted by molar-refractivity contribution is 0.0197. The molecule has 4 aromatic carbocycles. The lowest BCUT2D eigenvalue weighted by atomic mass is 9.80. The van der Waals surface area contributed by atoms with Crippen molar-refractivity contribution in [1.82, 2.24) is 0 Å². The van der Waals surface area contributed by atoms with Crippen LogP contribution in [-0.2, 0) is 15.8 Å². The van der Waals surface area contributed by atoms with Gasteiger partial charge in [0.25, 0.3) is 0 Å². The molecule has 3 nitrogen and oxygen atoms in total. The van der Waals surface area contributed by atoms with Crippen molar-refractivity contribution in [2.75, 3.05) is 12.8 Å². The first-order chi connectivity index (χ1) is 16.2. The number of rotatable bonds is 3. The van der Waals surface area contributed by atoms with E-state index in [0.29, 0.717) is 0 Å². The number of fused-ring (bicyclic) bond motifs is 7. The van der Waals surface area contributed by atoms with Crippen molar-refractivity contribution in [3.8, 4) is 22.3 Å². The Bertz CT molecular complexity index is 1600. The molecule has 1 aromatic heterocycles. The summed E-state index contributed by atoms with van der Waals surface area (Å²) in [4.78, 5) is 0. The molecular weight excluding hydrogens is 418 g/mol. The molecule has 170 valence electrons. The van der Waals surface area contributed by atoms with E-state index in [2.05, 4.69) is 76.2 Å². The molecule has 34 heavy (non-hydrogen) atoms. The summed E-state index contributed by atoms with van der Waals surface area (Å²) < 4.78 is 12.0. The summed E-state index contributed by atoms with van der Waals surface area (Å²) in [5.74, 6) is 0. The second-order valence-electron chi connectivity index (χ2n) is 10.4. The average Bonchev–Trinajstić information content (AvgIpc) is 3.31. The van der Waals surface area contributed by atoms with Crippen LogP contribution in [0.15, 0.2) is 77.2 Å². The van der Waals surface area contributed by atoms with Crippen LogP contribution in [0.1, 0.15) is 44.4 Å². The Kier molecular flexibility index (Phi) is 4.31. The van der Waals surface area contributed by atoms with Crippen LogP contribution in [0.4, 0.5) is 5.69 Å². The van der Waals surface area contributed by atoms with Crippen molar-refractivity contribution in [3.63, 3.8) is 0 Å². The molecule has 0 aliphatic heterocycles. The van der Waals surface area contributed by atoms with Gasteiger partial charge in [-0.3, -0.25) is 0 Å². The predicted octanol–water partition coefficient (Wildman–Crippen LogP) is 8.02. The van der Waals surface area contributed by atoms with Crippen molar-refractivity contribution < 1.29 is 9.15 Å². The largest absolute Gasteiger partial charge is 0.456 e. The first-order valence-corrected chi connectivity index (χ1v) is 11.8. The van der Waals surface area contributed by atoms with Crippen LogP contribution in [0, 0.1) is 0 Å². The van der Waals surface area contributed by atoms with Gasteiger partial charge in [0.15, 0.2) is 0 Å². The molecule has 3 heteroatoms. The minimum atomic E-state index is -0.454. The molecule has 0 spiro atoms. The number of para-hydroxylation sites is 1. The molecule has 5 aromatic rings. The van der Waals surface area contributed by atoms with E-state index in [1.165, 1.54) is 38.6 Å². The van der Waals surface area contributed by atoms with Gasteiger partial charge in [0.2, 0.25) is 0 Å². The van der Waals surface area contributed by atoms with Crippen LogP contribution in [0.25, 0.3) is 44.2 Å². The van der Waals surface area contributed by atoms with Crippen LogP contribution >= 0.6 is 0 Å². The molecule has 0 amide bonds. The summed E-state index contributed by atoms with van der Waals surface area (Å²) >= 11 is 0. The molecule has 1 aliphatic rings. The number of nitrogens with two attached hydrogens (primary N) is 1. The maximum Gasteiger partial charge on any atom is 0.136 e. The summed E-state index contributed by atoms with van der Waals surface area (Å²) in [5.41, 5.74) is 16.9. The Morgan fingerprint density at radius 2 is 1.59 bits per heavy atom. The zero-order valence-electron chi connectivity index (χ0n) is 20.3. The molecule has 6 rings (SSSR count). The lowest BCUT2D eigenvalue weighted by Gasteiger charge is -2.27. The molecule has 0 saturated carbocycles. The predicted molar refractivity (Wildman–Crippen MR) is 141 cm³/mol. The topological polar surface area (TPSA) is 48.4 Å². The van der Waals surface area contributed by atoms with Gasteiger partial charge < -0.3 is 14.9 Å². The number of benzene rings is 4. The number of hydrogen-bond acceptors (Lipinski definition) is 3. The lowest BCUT2D eigenvalue weighted by Crippen LogP contribution is -2.21. The van der Waals surface area contributed by atoms with Gasteiger partial charge in [-0.25, -0.2) is 0 Å². The maximum atomic E-state index is 6.20. The third kappa shape index (κ3) is 2.80. The van der Waals surface area contributed by atoms with E-state index in [1.807, 2.05) is 24.3 Å². The minimum Gasteiger partial charge on any atom is -0.456 e. The number of methoxy groups -OCH3 is 1. The van der Waals surface area contributed by atoms with Crippen molar-refractivity contribution >= 4 is 27.6 Å². The van der Waals surface area contributed by atoms with E-state index in [0.717, 1.165) is 28.0 Å². The van der Waals surface area contributed by atoms with Gasteiger partial charge in [0, 0.05) is 29.0 Å². The molecule has 2 N–H and O–H groups in total. The first-order valence-electron chi connectivity index (χ1n) is 11.8. The summed E-state index contributed by atoms with van der Waals surface area (Å²) in [5, 5.41) is 2.38. The van der Waals surface area contributed by atoms with Gasteiger partial charge in [-0.05, 0) is 83.1 Å². The molecule has 1 aliphatic carbocycles. The second-order valence-corrected chi connectivity index (χ2v) is 10.4. The van der Waals surface area contributed by atoms with Gasteiger partial charge in [0.05, 0.1) is 5.60 Å². The SMILES string of the molecule is COC(C)(C)c1cc(N)ccc1-c1ccc2c(c1)C(C)(C)c1ccc3oc4ccccc4c3c1-2. The fraction of sp³-hybridized carbons (Fsp3) is 0.226. The summed E-state index contributed by atoms with van der Waals surface area (Å²) in [6.45, 7) is 8.80. The zero-order chi connectivity index (χ0) is 23.8. The number of ether oxygens (including phenoxy) is 1. The van der Waals surface area contributed by atoms with Crippen LogP contribution in [-0.4, -0.2) is 7.11 Å². The van der Waals surface area contributed by atoms with E-state index in [1.54, 1.807) is 7.11 Å². The Morgan fingerprint density at radius 3 is 2.38 bits per heavy atom. The minimum absolute atomic E-state index is 0.127. The molecule has 0 bridgehead atoms. The second kappa shape index (κ2) is 6.97. The molecular formula is C31H29NO2. The van der Waals surface area contributed by atoms with Crippen LogP contribution < -0.4 is 5.73 Å². The Balaban J connectivity index is 1.62. The quantitative estimate of drug-likeness (QED) is 0.285. The fourth-order valence-corrected chi connectivity index (χ4v) is 5.63. The summed E-state index contributed by atoms with van der Waals surface area (Å²) in [7, 11) is 1.75. The van der Waals surface area contributed by atoms with Crippen molar-refractivity contribution in [1.29, 1.82) is 0 Å². The highest BCUT2D eigenvalue weighted by Crippen LogP contribution is 2.53. The van der Waals surface area contributed by atoms with E-state index >= 15 is 0 Å². The summed E-state index contributed by atoms with van der Waals surface area (Å²) in [6, 6.07) is 25.7. The standard InChI is InChI=1S/C31H29NO2/c1-30(2)23-14-15-27-29(22-8-6-7-9-26(22)34-27)28(23)21-12-10-18(16-24(21)30)20-13-11-19(32)17-25(20)31(3,4)33-5/h6-17H,32H2,1-5H3. The Labute approximate surface area is 200 Å². The third-order valence-corrected chi connectivity index (χ3v) is 7.69. The third-order valence-electron chi connectivity index (χ3n) is 7.69. The molecule has 0 atom stereocenters. The van der Waals surface area contributed by atoms with E-state index < -0.39 is 5.60 Å². The number of hydrogen-bond donors (Lipinski definition) is 1. The molecule has 1 heterocycles. The molecule has 0 radical (unpaired) electrons. The summed E-state index contributed by atoms with van der Waals surface area (Å²) in [6.07, 6.45) is 0. The van der Waals surface area contributed by atoms with Crippen LogP contribution in [0.5, 0.6) is 0 Å². The highest BCUT2D eigenvalue weighted by molar-refractivity contribution is 6.15. The fourth-order valence-electron chi connectivity index (χ4n) is 5.63. The van der Waals surface area contributed by atoms with Crippen LogP contribution in [0.2, 0.25) is 0 Å². The number of nitrogen functional groups attached to an aromatic ring is 1. The van der Waals surface area contributed by atoms with Gasteiger partial charge in [-0.2, -0.15) is 0 Å². The zero-order valence-corrected chi connectivity index (χ0v) is 20.3. The van der Waals surface area contributed by atoms with Crippen LogP contribution in [0.3, 0.4) is 0 Å². The maximum absolute atomic E-state index is 6.20. The molecule has 0 fully saturated rings. The normalized spacial score (nSPS) is 14.5. The van der Waals surface area contributed by atoms with Crippen molar-refractivity contribution in [2.24, 2.45) is 0 Å². The Hall–Kier alpha value is -3.56. The number of furan rings is 1. The first kappa shape index (κ1) is 21.0. The van der Waals surface area contributed by atoms with E-state index in [-0.39, 0.29) is 5.41 Å². The number of anilines is 1. The van der Waals surface area contributed by atoms with Gasteiger partial charge >= 0.3 is 0 Å². The smallest absolute Gasteiger partial charge is 0.136 e. The van der Waals surface area contributed by atoms with Gasteiger partial charge in [-0.15, -0.1) is 0 Å². The monoisotopic (exact) mass is 447 g/mol. The highest BCUT2D eigenvalue weighted by atomic mass is 16.5. The van der Waals surface area contributed by atoms with E-state index in [9.17, 15) is 0 Å². The van der Waals surface area contributed by atoms with Gasteiger partial charge in [-0.1, -0.05) is 56.3 Å². The van der Waals surface area contributed by atoms with Crippen molar-refractivity contribution in [2.45, 2.75) is 38.7 Å². The van der Waals surface area contributed by atoms with E-state index in [4.69, 9.17) is 14.9 Å². The Morgan fingerprint density at radius 1 is 0.824 bits per heavy atom. The average molecular weight is 448 g/mol. The van der Waals surface area contributed by atoms with Crippen molar-refractivity contribution in [3.05, 3.63) is 89.5 Å². The highest BCUT2D eigenvalue weighted by Gasteiger charge is 2.38. The molecule has 0 saturated heterocycles.